The molecule has 0 radical (unpaired) electrons. The molecule has 0 saturated carbocycles. The van der Waals surface area contributed by atoms with Crippen LogP contribution in [0.4, 0.5) is 5.69 Å². The van der Waals surface area contributed by atoms with Crippen LogP contribution in [-0.4, -0.2) is 12.9 Å². The van der Waals surface area contributed by atoms with Crippen LogP contribution in [0.15, 0.2) is 12.1 Å². The number of carbonyl (C=O) groups is 1. The molecule has 0 heterocycles. The molecule has 0 aromatic heterocycles. The third kappa shape index (κ3) is 1.67. The van der Waals surface area contributed by atoms with Crippen molar-refractivity contribution >= 4 is 11.5 Å². The van der Waals surface area contributed by atoms with Crippen molar-refractivity contribution in [3.05, 3.63) is 23.3 Å². The maximum Gasteiger partial charge on any atom is 0.163 e. The molecule has 0 saturated heterocycles. The Morgan fingerprint density at radius 1 is 1.57 bits per heavy atom. The fourth-order valence-electron chi connectivity index (χ4n) is 1.14. The number of nitrogens with zero attached hydrogens (tertiary/aromatic N) is 1. The highest BCUT2D eigenvalue weighted by Gasteiger charge is 2.11. The minimum atomic E-state index is -0.154. The molecule has 2 N–H and O–H groups in total. The van der Waals surface area contributed by atoms with Crippen LogP contribution in [0.1, 0.15) is 22.8 Å². The molecule has 0 unspecified atom stereocenters. The van der Waals surface area contributed by atoms with E-state index >= 15 is 0 Å². The highest BCUT2D eigenvalue weighted by Crippen LogP contribution is 2.25. The Morgan fingerprint density at radius 2 is 2.21 bits per heavy atom. The van der Waals surface area contributed by atoms with Gasteiger partial charge in [0.2, 0.25) is 0 Å². The fraction of sp³-hybridized carbons (Fsp3) is 0.200. The Morgan fingerprint density at radius 3 is 2.64 bits per heavy atom. The molecule has 0 bridgehead atoms. The van der Waals surface area contributed by atoms with Crippen LogP contribution in [0.2, 0.25) is 0 Å². The van der Waals surface area contributed by atoms with Crippen molar-refractivity contribution in [2.45, 2.75) is 6.92 Å². The average molecular weight is 190 g/mol. The van der Waals surface area contributed by atoms with Crippen LogP contribution in [0, 0.1) is 11.3 Å². The number of hydrogen-bond acceptors (Lipinski definition) is 4. The summed E-state index contributed by atoms with van der Waals surface area (Å²) in [6.45, 7) is 1.41. The zero-order valence-corrected chi connectivity index (χ0v) is 8.00. The third-order valence-corrected chi connectivity index (χ3v) is 1.87. The van der Waals surface area contributed by atoms with Gasteiger partial charge in [-0.15, -0.1) is 0 Å². The second-order valence-corrected chi connectivity index (χ2v) is 2.81. The molecule has 0 spiro atoms. The number of rotatable bonds is 2. The summed E-state index contributed by atoms with van der Waals surface area (Å²) < 4.78 is 4.98. The topological polar surface area (TPSA) is 76.1 Å². The first-order valence-corrected chi connectivity index (χ1v) is 3.98. The van der Waals surface area contributed by atoms with E-state index in [0.717, 1.165) is 0 Å². The molecule has 0 amide bonds. The Kier molecular flexibility index (Phi) is 2.73. The summed E-state index contributed by atoms with van der Waals surface area (Å²) in [6, 6.07) is 4.83. The summed E-state index contributed by atoms with van der Waals surface area (Å²) in [5.74, 6) is 0.243. The van der Waals surface area contributed by atoms with E-state index in [4.69, 9.17) is 15.7 Å². The van der Waals surface area contributed by atoms with Crippen LogP contribution < -0.4 is 10.5 Å². The lowest BCUT2D eigenvalue weighted by Crippen LogP contribution is -2.01. The highest BCUT2D eigenvalue weighted by molar-refractivity contribution is 5.98. The zero-order chi connectivity index (χ0) is 10.7. The van der Waals surface area contributed by atoms with Crippen molar-refractivity contribution in [1.82, 2.24) is 0 Å². The van der Waals surface area contributed by atoms with E-state index in [-0.39, 0.29) is 11.3 Å². The van der Waals surface area contributed by atoms with Crippen LogP contribution in [0.5, 0.6) is 5.75 Å². The second kappa shape index (κ2) is 3.79. The summed E-state index contributed by atoms with van der Waals surface area (Å²) in [5.41, 5.74) is 6.54. The van der Waals surface area contributed by atoms with E-state index in [1.54, 1.807) is 0 Å². The minimum Gasteiger partial charge on any atom is -0.496 e. The van der Waals surface area contributed by atoms with E-state index in [2.05, 4.69) is 0 Å². The van der Waals surface area contributed by atoms with Gasteiger partial charge in [0.25, 0.3) is 0 Å². The first kappa shape index (κ1) is 10.1. The molecule has 0 fully saturated rings. The van der Waals surface area contributed by atoms with Crippen molar-refractivity contribution < 1.29 is 9.53 Å². The Hall–Kier alpha value is -2.02. The molecule has 0 aliphatic heterocycles. The van der Waals surface area contributed by atoms with E-state index in [1.807, 2.05) is 6.07 Å². The summed E-state index contributed by atoms with van der Waals surface area (Å²) in [5, 5.41) is 8.71. The van der Waals surface area contributed by atoms with Gasteiger partial charge in [-0.2, -0.15) is 5.26 Å². The van der Waals surface area contributed by atoms with Gasteiger partial charge >= 0.3 is 0 Å². The standard InChI is InChI=1S/C10H10N2O2/c1-6(13)8-3-7(5-11)9(12)4-10(8)14-2/h3-4H,12H2,1-2H3. The monoisotopic (exact) mass is 190 g/mol. The number of methoxy groups -OCH3 is 1. The largest absolute Gasteiger partial charge is 0.496 e. The lowest BCUT2D eigenvalue weighted by molar-refractivity contribution is 0.101. The highest BCUT2D eigenvalue weighted by atomic mass is 16.5. The molecule has 1 aromatic carbocycles. The molecule has 4 nitrogen and oxygen atoms in total. The van der Waals surface area contributed by atoms with Crippen molar-refractivity contribution in [2.75, 3.05) is 12.8 Å². The van der Waals surface area contributed by atoms with Crippen LogP contribution in [0.3, 0.4) is 0 Å². The zero-order valence-electron chi connectivity index (χ0n) is 8.00. The summed E-state index contributed by atoms with van der Waals surface area (Å²) in [6.07, 6.45) is 0. The lowest BCUT2D eigenvalue weighted by atomic mass is 10.1. The number of benzene rings is 1. The number of ketones is 1. The fourth-order valence-corrected chi connectivity index (χ4v) is 1.14. The van der Waals surface area contributed by atoms with Crippen LogP contribution >= 0.6 is 0 Å². The lowest BCUT2D eigenvalue weighted by Gasteiger charge is -2.07. The van der Waals surface area contributed by atoms with Crippen molar-refractivity contribution in [3.63, 3.8) is 0 Å². The smallest absolute Gasteiger partial charge is 0.163 e. The maximum atomic E-state index is 11.2. The predicted molar refractivity (Wildman–Crippen MR) is 52.1 cm³/mol. The van der Waals surface area contributed by atoms with Crippen molar-refractivity contribution in [1.29, 1.82) is 5.26 Å². The van der Waals surface area contributed by atoms with Gasteiger partial charge in [0.15, 0.2) is 5.78 Å². The van der Waals surface area contributed by atoms with Gasteiger partial charge in [-0.3, -0.25) is 4.79 Å². The van der Waals surface area contributed by atoms with Crippen molar-refractivity contribution in [3.8, 4) is 11.8 Å². The van der Waals surface area contributed by atoms with Gasteiger partial charge in [-0.25, -0.2) is 0 Å². The first-order chi connectivity index (χ1) is 6.60. The molecule has 1 rings (SSSR count). The number of nitriles is 1. The molecule has 14 heavy (non-hydrogen) atoms. The van der Waals surface area contributed by atoms with E-state index in [0.29, 0.717) is 17.0 Å². The van der Waals surface area contributed by atoms with Gasteiger partial charge in [0, 0.05) is 6.07 Å². The van der Waals surface area contributed by atoms with Gasteiger partial charge in [-0.1, -0.05) is 0 Å². The number of anilines is 1. The minimum absolute atomic E-state index is 0.154. The van der Waals surface area contributed by atoms with E-state index < -0.39 is 0 Å². The summed E-state index contributed by atoms with van der Waals surface area (Å²) >= 11 is 0. The van der Waals surface area contributed by atoms with E-state index in [9.17, 15) is 4.79 Å². The molecule has 0 aliphatic carbocycles. The summed E-state index contributed by atoms with van der Waals surface area (Å²) in [4.78, 5) is 11.2. The van der Waals surface area contributed by atoms with Gasteiger partial charge in [-0.05, 0) is 13.0 Å². The SMILES string of the molecule is COc1cc(N)c(C#N)cc1C(C)=O. The third-order valence-electron chi connectivity index (χ3n) is 1.87. The Bertz CT molecular complexity index is 419. The van der Waals surface area contributed by atoms with Gasteiger partial charge in [0.05, 0.1) is 23.9 Å². The number of hydrogen-bond donors (Lipinski definition) is 1. The van der Waals surface area contributed by atoms with Crippen LogP contribution in [0.25, 0.3) is 0 Å². The summed E-state index contributed by atoms with van der Waals surface area (Å²) in [7, 11) is 1.45. The predicted octanol–water partition coefficient (Wildman–Crippen LogP) is 1.35. The van der Waals surface area contributed by atoms with E-state index in [1.165, 1.54) is 26.2 Å². The van der Waals surface area contributed by atoms with Gasteiger partial charge < -0.3 is 10.5 Å². The number of ether oxygens (including phenoxy) is 1. The Labute approximate surface area is 81.9 Å². The molecular formula is C10H10N2O2. The molecule has 1 aromatic rings. The van der Waals surface area contributed by atoms with Crippen molar-refractivity contribution in [2.24, 2.45) is 0 Å². The van der Waals surface area contributed by atoms with Gasteiger partial charge in [0.1, 0.15) is 11.8 Å². The quantitative estimate of drug-likeness (QED) is 0.564. The number of carbonyl (C=O) groups excluding carboxylic acids is 1. The molecule has 0 atom stereocenters. The number of Topliss-reactive ketones (excluding diaryl/α,β-unsaturated/α-hetero) is 1. The second-order valence-electron chi connectivity index (χ2n) is 2.81. The van der Waals surface area contributed by atoms with Crippen LogP contribution in [-0.2, 0) is 0 Å². The average Bonchev–Trinajstić information content (AvgIpc) is 2.16. The molecule has 0 aliphatic rings. The molecule has 4 heteroatoms. The Balaban J connectivity index is 3.42. The first-order valence-electron chi connectivity index (χ1n) is 3.98. The number of nitrogens with two attached hydrogens (primary N) is 1. The molecule has 72 valence electrons. The number of nitrogen functional groups attached to an aromatic ring is 1. The normalized spacial score (nSPS) is 9.21. The maximum absolute atomic E-state index is 11.2. The molecular weight excluding hydrogens is 180 g/mol.